The lowest BCUT2D eigenvalue weighted by molar-refractivity contribution is -0.0514. The topological polar surface area (TPSA) is 72.7 Å². The number of alkyl halides is 2. The zero-order valence-corrected chi connectivity index (χ0v) is 15.2. The van der Waals surface area contributed by atoms with E-state index in [0.717, 1.165) is 25.2 Å². The van der Waals surface area contributed by atoms with Crippen molar-refractivity contribution in [1.29, 1.82) is 0 Å². The minimum absolute atomic E-state index is 0.00286. The van der Waals surface area contributed by atoms with E-state index in [1.807, 2.05) is 7.05 Å². The standard InChI is InChI=1S/C18H22F2N4O3/c1-3-25-15-10-12(4-6-14(15)26-18(19)20)5-7-16-22-17(23-27-16)13-11-21-8-9-24(13)2/h4-7,10,13,18,21H,3,8-9,11H2,1-2H3/b7-5+. The lowest BCUT2D eigenvalue weighted by atomic mass is 10.2. The third-order valence-corrected chi connectivity index (χ3v) is 4.17. The summed E-state index contributed by atoms with van der Waals surface area (Å²) in [4.78, 5) is 6.59. The second kappa shape index (κ2) is 8.92. The Hall–Kier alpha value is -2.52. The molecule has 1 atom stereocenters. The van der Waals surface area contributed by atoms with Gasteiger partial charge in [0.25, 0.3) is 5.89 Å². The van der Waals surface area contributed by atoms with Crippen molar-refractivity contribution >= 4 is 12.2 Å². The monoisotopic (exact) mass is 380 g/mol. The number of aromatic nitrogens is 2. The number of benzene rings is 1. The van der Waals surface area contributed by atoms with Crippen molar-refractivity contribution in [3.8, 4) is 11.5 Å². The number of piperazine rings is 1. The van der Waals surface area contributed by atoms with Crippen LogP contribution in [0.3, 0.4) is 0 Å². The molecule has 146 valence electrons. The molecule has 0 aliphatic carbocycles. The molecule has 1 aliphatic rings. The van der Waals surface area contributed by atoms with Gasteiger partial charge in [0, 0.05) is 25.7 Å². The Labute approximate surface area is 155 Å². The first-order valence-electron chi connectivity index (χ1n) is 8.71. The van der Waals surface area contributed by atoms with Crippen LogP contribution in [0.1, 0.15) is 30.2 Å². The molecular formula is C18H22F2N4O3. The van der Waals surface area contributed by atoms with Crippen LogP contribution < -0.4 is 14.8 Å². The fourth-order valence-corrected chi connectivity index (χ4v) is 2.80. The van der Waals surface area contributed by atoms with Gasteiger partial charge in [0.1, 0.15) is 0 Å². The summed E-state index contributed by atoms with van der Waals surface area (Å²) >= 11 is 0. The summed E-state index contributed by atoms with van der Waals surface area (Å²) in [5.41, 5.74) is 0.733. The second-order valence-electron chi connectivity index (χ2n) is 6.04. The van der Waals surface area contributed by atoms with Crippen molar-refractivity contribution in [1.82, 2.24) is 20.4 Å². The Morgan fingerprint density at radius 1 is 1.37 bits per heavy atom. The van der Waals surface area contributed by atoms with Crippen LogP contribution in [0.2, 0.25) is 0 Å². The summed E-state index contributed by atoms with van der Waals surface area (Å²) < 4.78 is 40.1. The summed E-state index contributed by atoms with van der Waals surface area (Å²) in [7, 11) is 2.02. The zero-order chi connectivity index (χ0) is 19.2. The smallest absolute Gasteiger partial charge is 0.387 e. The summed E-state index contributed by atoms with van der Waals surface area (Å²) in [5, 5.41) is 7.36. The molecule has 7 nitrogen and oxygen atoms in total. The number of hydrogen-bond donors (Lipinski definition) is 1. The van der Waals surface area contributed by atoms with Crippen molar-refractivity contribution in [3.05, 3.63) is 35.5 Å². The maximum atomic E-state index is 12.5. The van der Waals surface area contributed by atoms with Gasteiger partial charge in [-0.05, 0) is 37.7 Å². The summed E-state index contributed by atoms with van der Waals surface area (Å²) in [6, 6.07) is 4.78. The SMILES string of the molecule is CCOc1cc(/C=C/c2nc(C3CNCCN3C)no2)ccc1OC(F)F. The highest BCUT2D eigenvalue weighted by atomic mass is 19.3. The van der Waals surface area contributed by atoms with Crippen LogP contribution in [0.15, 0.2) is 22.7 Å². The molecule has 1 aliphatic heterocycles. The molecule has 0 radical (unpaired) electrons. The van der Waals surface area contributed by atoms with Crippen molar-refractivity contribution in [2.75, 3.05) is 33.3 Å². The molecule has 1 unspecified atom stereocenters. The van der Waals surface area contributed by atoms with E-state index >= 15 is 0 Å². The van der Waals surface area contributed by atoms with Gasteiger partial charge in [0.2, 0.25) is 0 Å². The van der Waals surface area contributed by atoms with E-state index in [-0.39, 0.29) is 17.5 Å². The van der Waals surface area contributed by atoms with E-state index in [1.54, 1.807) is 31.2 Å². The highest BCUT2D eigenvalue weighted by molar-refractivity contribution is 5.67. The third kappa shape index (κ3) is 5.01. The van der Waals surface area contributed by atoms with E-state index in [9.17, 15) is 8.78 Å². The first kappa shape index (κ1) is 19.2. The van der Waals surface area contributed by atoms with Crippen LogP contribution in [0.25, 0.3) is 12.2 Å². The number of halogens is 2. The summed E-state index contributed by atoms with van der Waals surface area (Å²) in [6.45, 7) is 1.81. The molecule has 3 rings (SSSR count). The highest BCUT2D eigenvalue weighted by Crippen LogP contribution is 2.30. The average Bonchev–Trinajstić information content (AvgIpc) is 3.11. The van der Waals surface area contributed by atoms with Gasteiger partial charge in [-0.25, -0.2) is 0 Å². The van der Waals surface area contributed by atoms with Crippen LogP contribution in [-0.4, -0.2) is 54.9 Å². The molecule has 1 fully saturated rings. The molecule has 1 aromatic heterocycles. The normalized spacial score (nSPS) is 18.3. The van der Waals surface area contributed by atoms with Crippen LogP contribution in [0.4, 0.5) is 8.78 Å². The lowest BCUT2D eigenvalue weighted by Gasteiger charge is -2.30. The van der Waals surface area contributed by atoms with Crippen LogP contribution in [0, 0.1) is 0 Å². The predicted molar refractivity (Wildman–Crippen MR) is 95.7 cm³/mol. The van der Waals surface area contributed by atoms with Gasteiger partial charge in [0.15, 0.2) is 17.3 Å². The van der Waals surface area contributed by atoms with E-state index in [2.05, 4.69) is 25.1 Å². The maximum Gasteiger partial charge on any atom is 0.387 e. The zero-order valence-electron chi connectivity index (χ0n) is 15.2. The quantitative estimate of drug-likeness (QED) is 0.792. The van der Waals surface area contributed by atoms with Crippen molar-refractivity contribution in [3.63, 3.8) is 0 Å². The van der Waals surface area contributed by atoms with Gasteiger partial charge in [0.05, 0.1) is 12.6 Å². The number of hydrogen-bond acceptors (Lipinski definition) is 7. The fraction of sp³-hybridized carbons (Fsp3) is 0.444. The molecular weight excluding hydrogens is 358 g/mol. The molecule has 0 spiro atoms. The average molecular weight is 380 g/mol. The Morgan fingerprint density at radius 2 is 2.22 bits per heavy atom. The van der Waals surface area contributed by atoms with Gasteiger partial charge < -0.3 is 19.3 Å². The van der Waals surface area contributed by atoms with Gasteiger partial charge >= 0.3 is 6.61 Å². The van der Waals surface area contributed by atoms with Crippen LogP contribution in [0.5, 0.6) is 11.5 Å². The number of nitrogens with zero attached hydrogens (tertiary/aromatic N) is 3. The molecule has 2 heterocycles. The van der Waals surface area contributed by atoms with Crippen molar-refractivity contribution < 1.29 is 22.8 Å². The molecule has 0 amide bonds. The summed E-state index contributed by atoms with van der Waals surface area (Å²) in [6.07, 6.45) is 3.42. The first-order valence-corrected chi connectivity index (χ1v) is 8.71. The number of ether oxygens (including phenoxy) is 2. The lowest BCUT2D eigenvalue weighted by Crippen LogP contribution is -2.44. The Bertz CT molecular complexity index is 782. The van der Waals surface area contributed by atoms with E-state index in [1.165, 1.54) is 6.07 Å². The van der Waals surface area contributed by atoms with Gasteiger partial charge in [-0.3, -0.25) is 4.90 Å². The van der Waals surface area contributed by atoms with Crippen LogP contribution >= 0.6 is 0 Å². The van der Waals surface area contributed by atoms with Gasteiger partial charge in [-0.1, -0.05) is 11.2 Å². The first-order chi connectivity index (χ1) is 13.1. The number of rotatable bonds is 7. The number of nitrogens with one attached hydrogen (secondary N) is 1. The predicted octanol–water partition coefficient (Wildman–Crippen LogP) is 2.82. The fourth-order valence-electron chi connectivity index (χ4n) is 2.80. The molecule has 1 N–H and O–H groups in total. The third-order valence-electron chi connectivity index (χ3n) is 4.17. The van der Waals surface area contributed by atoms with Crippen molar-refractivity contribution in [2.45, 2.75) is 19.6 Å². The minimum Gasteiger partial charge on any atom is -0.490 e. The Morgan fingerprint density at radius 3 is 2.96 bits per heavy atom. The van der Waals surface area contributed by atoms with Gasteiger partial charge in [-0.15, -0.1) is 0 Å². The molecule has 27 heavy (non-hydrogen) atoms. The maximum absolute atomic E-state index is 12.5. The number of likely N-dealkylation sites (N-methyl/N-ethyl adjacent to an activating group) is 1. The highest BCUT2D eigenvalue weighted by Gasteiger charge is 2.24. The largest absolute Gasteiger partial charge is 0.490 e. The Balaban J connectivity index is 1.73. The minimum atomic E-state index is -2.91. The molecule has 9 heteroatoms. The van der Waals surface area contributed by atoms with Crippen molar-refractivity contribution in [2.24, 2.45) is 0 Å². The van der Waals surface area contributed by atoms with Crippen LogP contribution in [-0.2, 0) is 0 Å². The second-order valence-corrected chi connectivity index (χ2v) is 6.04. The van der Waals surface area contributed by atoms with Gasteiger partial charge in [-0.2, -0.15) is 13.8 Å². The molecule has 1 saturated heterocycles. The molecule has 1 aromatic carbocycles. The molecule has 0 saturated carbocycles. The molecule has 2 aromatic rings. The van der Waals surface area contributed by atoms with E-state index in [0.29, 0.717) is 18.3 Å². The summed E-state index contributed by atoms with van der Waals surface area (Å²) in [5.74, 6) is 1.24. The van der Waals surface area contributed by atoms with E-state index < -0.39 is 6.61 Å². The molecule has 0 bridgehead atoms. The van der Waals surface area contributed by atoms with E-state index in [4.69, 9.17) is 9.26 Å². The Kier molecular flexibility index (Phi) is 6.36.